The van der Waals surface area contributed by atoms with E-state index in [4.69, 9.17) is 9.97 Å². The summed E-state index contributed by atoms with van der Waals surface area (Å²) in [7, 11) is 0. The van der Waals surface area contributed by atoms with Crippen LogP contribution in [0.1, 0.15) is 87.0 Å². The number of hydrogen-bond donors (Lipinski definition) is 1. The van der Waals surface area contributed by atoms with Gasteiger partial charge < -0.3 is 19.8 Å². The lowest BCUT2D eigenvalue weighted by molar-refractivity contribution is -0.109. The first-order valence-electron chi connectivity index (χ1n) is 18.3. The van der Waals surface area contributed by atoms with Crippen LogP contribution in [0.25, 0.3) is 0 Å². The summed E-state index contributed by atoms with van der Waals surface area (Å²) in [6.45, 7) is 24.5. The lowest BCUT2D eigenvalue weighted by Gasteiger charge is -2.54. The molecule has 7 heteroatoms. The van der Waals surface area contributed by atoms with E-state index in [1.54, 1.807) is 11.1 Å². The summed E-state index contributed by atoms with van der Waals surface area (Å²) < 4.78 is 0. The molecule has 0 radical (unpaired) electrons. The highest BCUT2D eigenvalue weighted by Gasteiger charge is 2.64. The molecule has 0 unspecified atom stereocenters. The number of fused-ring (bicyclic) bond motifs is 5. The van der Waals surface area contributed by atoms with Crippen molar-refractivity contribution < 1.29 is 5.11 Å². The van der Waals surface area contributed by atoms with Gasteiger partial charge in [0.05, 0.1) is 5.60 Å². The fourth-order valence-corrected chi connectivity index (χ4v) is 10.1. The average Bonchev–Trinajstić information content (AvgIpc) is 3.26. The van der Waals surface area contributed by atoms with Crippen LogP contribution in [0.5, 0.6) is 0 Å². The Hall–Kier alpha value is -2.38. The van der Waals surface area contributed by atoms with Gasteiger partial charge in [0.25, 0.3) is 0 Å². The van der Waals surface area contributed by atoms with Crippen molar-refractivity contribution in [2.45, 2.75) is 92.6 Å². The Morgan fingerprint density at radius 3 is 2.36 bits per heavy atom. The first-order valence-corrected chi connectivity index (χ1v) is 18.3. The molecule has 1 aromatic heterocycles. The third-order valence-corrected chi connectivity index (χ3v) is 13.1. The number of aromatic nitrogens is 2. The van der Waals surface area contributed by atoms with E-state index in [0.717, 1.165) is 102 Å². The summed E-state index contributed by atoms with van der Waals surface area (Å²) in [5.41, 5.74) is 2.71. The van der Waals surface area contributed by atoms with Crippen LogP contribution in [0.2, 0.25) is 0 Å². The van der Waals surface area contributed by atoms with E-state index in [0.29, 0.717) is 17.8 Å². The summed E-state index contributed by atoms with van der Waals surface area (Å²) in [5, 5.41) is 12.6. The van der Waals surface area contributed by atoms with Gasteiger partial charge in [-0.1, -0.05) is 49.3 Å². The molecule has 4 aliphatic carbocycles. The van der Waals surface area contributed by atoms with E-state index in [-0.39, 0.29) is 10.8 Å². The van der Waals surface area contributed by atoms with Crippen LogP contribution in [0.3, 0.4) is 0 Å². The first kappa shape index (κ1) is 32.6. The summed E-state index contributed by atoms with van der Waals surface area (Å²) in [5.74, 6) is 4.41. The SMILES string of the molecule is CCN(CC)c1cc(N2CCN(CC[C@@]3(O)[C@H](C)C[C@H]4[C@@H]5CCC6=CCC=C[C@]6(C)C5=CC[C@@]43C)CC2)nc(N(CC)CC)n1. The number of aliphatic hydroxyl groups is 1. The highest BCUT2D eigenvalue weighted by molar-refractivity contribution is 5.56. The van der Waals surface area contributed by atoms with E-state index in [9.17, 15) is 5.11 Å². The third kappa shape index (κ3) is 5.44. The predicted molar refractivity (Wildman–Crippen MR) is 188 cm³/mol. The number of piperazine rings is 1. The van der Waals surface area contributed by atoms with Crippen molar-refractivity contribution in [3.8, 4) is 0 Å². The Morgan fingerprint density at radius 1 is 0.956 bits per heavy atom. The third-order valence-electron chi connectivity index (χ3n) is 13.1. The van der Waals surface area contributed by atoms with Crippen molar-refractivity contribution in [3.63, 3.8) is 0 Å². The predicted octanol–water partition coefficient (Wildman–Crippen LogP) is 6.71. The van der Waals surface area contributed by atoms with Gasteiger partial charge in [-0.3, -0.25) is 4.90 Å². The maximum absolute atomic E-state index is 12.6. The molecule has 2 heterocycles. The highest BCUT2D eigenvalue weighted by atomic mass is 16.3. The van der Waals surface area contributed by atoms with E-state index in [1.807, 2.05) is 0 Å². The second-order valence-electron chi connectivity index (χ2n) is 15.0. The van der Waals surface area contributed by atoms with Crippen molar-refractivity contribution in [2.75, 3.05) is 73.6 Å². The van der Waals surface area contributed by atoms with Gasteiger partial charge in [0.2, 0.25) is 5.95 Å². The van der Waals surface area contributed by atoms with Crippen LogP contribution in [0.15, 0.2) is 41.5 Å². The monoisotopic (exact) mass is 616 g/mol. The van der Waals surface area contributed by atoms with Gasteiger partial charge in [-0.2, -0.15) is 9.97 Å². The van der Waals surface area contributed by atoms with E-state index >= 15 is 0 Å². The number of anilines is 3. The summed E-state index contributed by atoms with van der Waals surface area (Å²) >= 11 is 0. The molecule has 0 spiro atoms. The number of rotatable bonds is 10. The fraction of sp³-hybridized carbons (Fsp3) is 0.737. The summed E-state index contributed by atoms with van der Waals surface area (Å²) in [4.78, 5) is 19.6. The van der Waals surface area contributed by atoms with E-state index < -0.39 is 5.60 Å². The van der Waals surface area contributed by atoms with Crippen molar-refractivity contribution in [3.05, 3.63) is 41.5 Å². The first-order chi connectivity index (χ1) is 21.6. The molecular weight excluding hydrogens is 556 g/mol. The van der Waals surface area contributed by atoms with Gasteiger partial charge in [-0.15, -0.1) is 0 Å². The topological polar surface area (TPSA) is 59.0 Å². The van der Waals surface area contributed by atoms with Gasteiger partial charge in [-0.25, -0.2) is 0 Å². The van der Waals surface area contributed by atoms with Crippen LogP contribution in [0, 0.1) is 28.6 Å². The van der Waals surface area contributed by atoms with E-state index in [2.05, 4.69) is 98.4 Å². The molecular formula is C38H60N6O. The molecule has 3 fully saturated rings. The largest absolute Gasteiger partial charge is 0.389 e. The average molecular weight is 617 g/mol. The molecule has 0 aromatic carbocycles. The fourth-order valence-electron chi connectivity index (χ4n) is 10.1. The van der Waals surface area contributed by atoms with Crippen LogP contribution >= 0.6 is 0 Å². The maximum atomic E-state index is 12.6. The van der Waals surface area contributed by atoms with Crippen molar-refractivity contribution in [2.24, 2.45) is 28.6 Å². The van der Waals surface area contributed by atoms with Gasteiger partial charge in [-0.05, 0) is 90.9 Å². The molecule has 45 heavy (non-hydrogen) atoms. The molecule has 0 bridgehead atoms. The van der Waals surface area contributed by atoms with Gasteiger partial charge in [0.1, 0.15) is 11.6 Å². The Morgan fingerprint density at radius 2 is 1.67 bits per heavy atom. The molecule has 5 aliphatic rings. The smallest absolute Gasteiger partial charge is 0.229 e. The van der Waals surface area contributed by atoms with Gasteiger partial charge in [0.15, 0.2) is 0 Å². The molecule has 6 atom stereocenters. The summed E-state index contributed by atoms with van der Waals surface area (Å²) in [6, 6.07) is 2.19. The second-order valence-corrected chi connectivity index (χ2v) is 15.0. The van der Waals surface area contributed by atoms with Crippen molar-refractivity contribution in [1.29, 1.82) is 0 Å². The normalized spacial score (nSPS) is 34.5. The van der Waals surface area contributed by atoms with Crippen LogP contribution in [-0.2, 0) is 0 Å². The van der Waals surface area contributed by atoms with Crippen LogP contribution in [-0.4, -0.2) is 84.5 Å². The van der Waals surface area contributed by atoms with Crippen molar-refractivity contribution >= 4 is 17.6 Å². The molecule has 1 N–H and O–H groups in total. The number of nitrogens with zero attached hydrogens (tertiary/aromatic N) is 6. The molecule has 1 aromatic rings. The zero-order valence-corrected chi connectivity index (χ0v) is 29.4. The standard InChI is InChI=1S/C38H60N6O/c1-8-42(9-2)33-27-34(40-35(39-33)43(10-3)11-4)44-24-22-41(23-25-44)21-20-38(45)28(5)26-32-30-16-15-29-14-12-13-18-36(29,6)31(30)17-19-37(32,38)7/h13-14,17-18,27-28,30,32,45H,8-12,15-16,19-26H2,1-7H3/t28-,30-,32+,36+,37+,38-/m1/s1. The minimum atomic E-state index is -0.625. The zero-order valence-electron chi connectivity index (χ0n) is 29.4. The quantitative estimate of drug-likeness (QED) is 0.293. The Balaban J connectivity index is 1.13. The molecule has 7 nitrogen and oxygen atoms in total. The Kier molecular flexibility index (Phi) is 9.17. The summed E-state index contributed by atoms with van der Waals surface area (Å²) in [6.07, 6.45) is 16.5. The Labute approximate surface area is 273 Å². The van der Waals surface area contributed by atoms with Crippen LogP contribution < -0.4 is 14.7 Å². The molecule has 1 aliphatic heterocycles. The Bertz CT molecular complexity index is 1280. The molecule has 6 rings (SSSR count). The number of hydrogen-bond acceptors (Lipinski definition) is 7. The second kappa shape index (κ2) is 12.7. The van der Waals surface area contributed by atoms with E-state index in [1.165, 1.54) is 12.8 Å². The van der Waals surface area contributed by atoms with Crippen LogP contribution in [0.4, 0.5) is 17.6 Å². The molecule has 1 saturated heterocycles. The molecule has 248 valence electrons. The zero-order chi connectivity index (χ0) is 32.0. The lowest BCUT2D eigenvalue weighted by atomic mass is 9.51. The highest BCUT2D eigenvalue weighted by Crippen LogP contribution is 2.67. The number of allylic oxidation sites excluding steroid dienone is 6. The minimum Gasteiger partial charge on any atom is -0.389 e. The lowest BCUT2D eigenvalue weighted by Crippen LogP contribution is -2.54. The maximum Gasteiger partial charge on any atom is 0.229 e. The molecule has 2 saturated carbocycles. The van der Waals surface area contributed by atoms with Gasteiger partial charge in [0, 0.05) is 75.8 Å². The van der Waals surface area contributed by atoms with Crippen molar-refractivity contribution in [1.82, 2.24) is 14.9 Å². The minimum absolute atomic E-state index is 0.0546. The molecule has 0 amide bonds. The van der Waals surface area contributed by atoms with Gasteiger partial charge >= 0.3 is 0 Å².